The van der Waals surface area contributed by atoms with Gasteiger partial charge in [-0.1, -0.05) is 60.7 Å². The number of carbonyl (C=O) groups excluding carboxylic acids is 1. The van der Waals surface area contributed by atoms with E-state index in [1.54, 1.807) is 0 Å². The Hall–Kier alpha value is -2.35. The fraction of sp³-hybridized carbons (Fsp3) is 0.286. The summed E-state index contributed by atoms with van der Waals surface area (Å²) >= 11 is 0. The zero-order chi connectivity index (χ0) is 15.6. The summed E-state index contributed by atoms with van der Waals surface area (Å²) in [5.41, 5.74) is 2.65. The van der Waals surface area contributed by atoms with Crippen molar-refractivity contribution in [1.29, 1.82) is 0 Å². The molecule has 0 N–H and O–H groups in total. The fourth-order valence-electron chi connectivity index (χ4n) is 3.88. The number of rotatable bonds is 3. The first-order valence-electron chi connectivity index (χ1n) is 8.33. The lowest BCUT2D eigenvalue weighted by Crippen LogP contribution is -2.16. The molecule has 0 radical (unpaired) electrons. The molecule has 2 aliphatic carbocycles. The molecular formula is C21H20O2. The molecule has 0 heterocycles. The molecule has 3 unspecified atom stereocenters. The van der Waals surface area contributed by atoms with Gasteiger partial charge >= 0.3 is 5.97 Å². The van der Waals surface area contributed by atoms with Crippen LogP contribution in [0.3, 0.4) is 0 Å². The lowest BCUT2D eigenvalue weighted by molar-refractivity contribution is 0.0306. The molecule has 2 nitrogen and oxygen atoms in total. The monoisotopic (exact) mass is 304 g/mol. The normalized spacial score (nSPS) is 25.3. The Balaban J connectivity index is 1.54. The summed E-state index contributed by atoms with van der Waals surface area (Å²) in [6.07, 6.45) is 7.72. The molecule has 0 saturated heterocycles. The van der Waals surface area contributed by atoms with Gasteiger partial charge < -0.3 is 4.74 Å². The standard InChI is InChI=1S/C21H20O2/c22-21(23-18-13-16-9-6-10-17(16)14-18)20-12-5-4-11-19(20)15-7-2-1-3-8-15/h1-9,11-12,16-18H,10,13-14H2. The highest BCUT2D eigenvalue weighted by atomic mass is 16.5. The topological polar surface area (TPSA) is 26.3 Å². The Kier molecular flexibility index (Phi) is 3.74. The number of hydrogen-bond acceptors (Lipinski definition) is 2. The van der Waals surface area contributed by atoms with Gasteiger partial charge in [-0.15, -0.1) is 0 Å². The van der Waals surface area contributed by atoms with E-state index in [-0.39, 0.29) is 12.1 Å². The van der Waals surface area contributed by atoms with Crippen molar-refractivity contribution in [1.82, 2.24) is 0 Å². The van der Waals surface area contributed by atoms with Crippen LogP contribution in [-0.4, -0.2) is 12.1 Å². The molecule has 0 aromatic heterocycles. The molecule has 116 valence electrons. The third kappa shape index (κ3) is 2.81. The van der Waals surface area contributed by atoms with Crippen molar-refractivity contribution in [2.75, 3.05) is 0 Å². The lowest BCUT2D eigenvalue weighted by atomic mass is 10.00. The molecule has 0 amide bonds. The number of benzene rings is 2. The van der Waals surface area contributed by atoms with Crippen molar-refractivity contribution < 1.29 is 9.53 Å². The Morgan fingerprint density at radius 2 is 1.74 bits per heavy atom. The van der Waals surface area contributed by atoms with Crippen molar-refractivity contribution in [3.8, 4) is 11.1 Å². The van der Waals surface area contributed by atoms with Gasteiger partial charge in [-0.25, -0.2) is 4.79 Å². The minimum absolute atomic E-state index is 0.0614. The van der Waals surface area contributed by atoms with E-state index in [0.29, 0.717) is 17.4 Å². The predicted octanol–water partition coefficient (Wildman–Crippen LogP) is 4.87. The highest BCUT2D eigenvalue weighted by Crippen LogP contribution is 2.41. The van der Waals surface area contributed by atoms with E-state index in [1.165, 1.54) is 0 Å². The van der Waals surface area contributed by atoms with Crippen LogP contribution < -0.4 is 0 Å². The maximum atomic E-state index is 12.7. The fourth-order valence-corrected chi connectivity index (χ4v) is 3.88. The summed E-state index contributed by atoms with van der Waals surface area (Å²) in [4.78, 5) is 12.7. The molecule has 0 bridgehead atoms. The van der Waals surface area contributed by atoms with Crippen LogP contribution in [0.25, 0.3) is 11.1 Å². The van der Waals surface area contributed by atoms with E-state index in [0.717, 1.165) is 30.4 Å². The van der Waals surface area contributed by atoms with Gasteiger partial charge in [0.25, 0.3) is 0 Å². The van der Waals surface area contributed by atoms with E-state index < -0.39 is 0 Å². The van der Waals surface area contributed by atoms with Crippen molar-refractivity contribution >= 4 is 5.97 Å². The highest BCUT2D eigenvalue weighted by Gasteiger charge is 2.36. The summed E-state index contributed by atoms with van der Waals surface area (Å²) in [5, 5.41) is 0. The van der Waals surface area contributed by atoms with Gasteiger partial charge in [0.1, 0.15) is 6.10 Å². The minimum atomic E-state index is -0.196. The number of fused-ring (bicyclic) bond motifs is 1. The number of esters is 1. The first-order chi connectivity index (χ1) is 11.3. The zero-order valence-electron chi connectivity index (χ0n) is 13.0. The smallest absolute Gasteiger partial charge is 0.339 e. The molecule has 1 fully saturated rings. The van der Waals surface area contributed by atoms with Crippen LogP contribution in [0.15, 0.2) is 66.7 Å². The predicted molar refractivity (Wildman–Crippen MR) is 91.1 cm³/mol. The third-order valence-corrected chi connectivity index (χ3v) is 5.03. The van der Waals surface area contributed by atoms with Crippen LogP contribution in [0.1, 0.15) is 29.6 Å². The number of hydrogen-bond donors (Lipinski definition) is 0. The minimum Gasteiger partial charge on any atom is -0.459 e. The number of ether oxygens (including phenoxy) is 1. The highest BCUT2D eigenvalue weighted by molar-refractivity contribution is 5.97. The second-order valence-electron chi connectivity index (χ2n) is 6.50. The summed E-state index contributed by atoms with van der Waals surface area (Å²) in [6.45, 7) is 0. The molecule has 4 rings (SSSR count). The van der Waals surface area contributed by atoms with E-state index in [9.17, 15) is 4.79 Å². The molecule has 23 heavy (non-hydrogen) atoms. The van der Waals surface area contributed by atoms with E-state index in [4.69, 9.17) is 4.74 Å². The van der Waals surface area contributed by atoms with E-state index in [1.807, 2.05) is 54.6 Å². The Bertz CT molecular complexity index is 733. The quantitative estimate of drug-likeness (QED) is 0.597. The summed E-state index contributed by atoms with van der Waals surface area (Å²) in [7, 11) is 0. The first-order valence-corrected chi connectivity index (χ1v) is 8.33. The maximum absolute atomic E-state index is 12.7. The lowest BCUT2D eigenvalue weighted by Gasteiger charge is -2.15. The van der Waals surface area contributed by atoms with Crippen LogP contribution in [0.4, 0.5) is 0 Å². The van der Waals surface area contributed by atoms with Gasteiger partial charge in [0, 0.05) is 0 Å². The van der Waals surface area contributed by atoms with Gasteiger partial charge in [-0.05, 0) is 48.3 Å². The Morgan fingerprint density at radius 3 is 2.57 bits per heavy atom. The summed E-state index contributed by atoms with van der Waals surface area (Å²) in [5.74, 6) is 1.09. The van der Waals surface area contributed by atoms with Crippen LogP contribution in [-0.2, 0) is 4.74 Å². The second kappa shape index (κ2) is 6.04. The molecule has 2 aromatic rings. The second-order valence-corrected chi connectivity index (χ2v) is 6.50. The van der Waals surface area contributed by atoms with Gasteiger partial charge in [0.05, 0.1) is 5.56 Å². The SMILES string of the molecule is O=C(OC1CC2C=CCC2C1)c1ccccc1-c1ccccc1. The average molecular weight is 304 g/mol. The van der Waals surface area contributed by atoms with Crippen LogP contribution in [0.2, 0.25) is 0 Å². The first kappa shape index (κ1) is 14.3. The number of carbonyl (C=O) groups is 1. The van der Waals surface area contributed by atoms with Crippen molar-refractivity contribution in [2.45, 2.75) is 25.4 Å². The third-order valence-electron chi connectivity index (χ3n) is 5.03. The molecule has 2 aliphatic rings. The van der Waals surface area contributed by atoms with Crippen LogP contribution >= 0.6 is 0 Å². The van der Waals surface area contributed by atoms with E-state index >= 15 is 0 Å². The number of allylic oxidation sites excluding steroid dienone is 2. The molecule has 2 aromatic carbocycles. The molecule has 0 aliphatic heterocycles. The summed E-state index contributed by atoms with van der Waals surface area (Å²) in [6, 6.07) is 17.7. The van der Waals surface area contributed by atoms with Gasteiger partial charge in [0.2, 0.25) is 0 Å². The van der Waals surface area contributed by atoms with Crippen molar-refractivity contribution in [2.24, 2.45) is 11.8 Å². The van der Waals surface area contributed by atoms with Gasteiger partial charge in [-0.2, -0.15) is 0 Å². The van der Waals surface area contributed by atoms with Crippen molar-refractivity contribution in [3.05, 3.63) is 72.3 Å². The Morgan fingerprint density at radius 1 is 0.957 bits per heavy atom. The molecule has 2 heteroatoms. The van der Waals surface area contributed by atoms with Crippen molar-refractivity contribution in [3.63, 3.8) is 0 Å². The van der Waals surface area contributed by atoms with Gasteiger partial charge in [-0.3, -0.25) is 0 Å². The summed E-state index contributed by atoms with van der Waals surface area (Å²) < 4.78 is 5.82. The molecule has 1 saturated carbocycles. The maximum Gasteiger partial charge on any atom is 0.339 e. The largest absolute Gasteiger partial charge is 0.459 e. The molecule has 0 spiro atoms. The zero-order valence-corrected chi connectivity index (χ0v) is 13.0. The van der Waals surface area contributed by atoms with Crippen LogP contribution in [0.5, 0.6) is 0 Å². The molecular weight excluding hydrogens is 284 g/mol. The van der Waals surface area contributed by atoms with Gasteiger partial charge in [0.15, 0.2) is 0 Å². The Labute approximate surface area is 136 Å². The van der Waals surface area contributed by atoms with Crippen LogP contribution in [0, 0.1) is 11.8 Å². The van der Waals surface area contributed by atoms with E-state index in [2.05, 4.69) is 12.2 Å². The molecule has 3 atom stereocenters. The average Bonchev–Trinajstić information content (AvgIpc) is 3.17.